The van der Waals surface area contributed by atoms with Gasteiger partial charge in [0.25, 0.3) is 0 Å². The van der Waals surface area contributed by atoms with Gasteiger partial charge in [-0.25, -0.2) is 0 Å². The van der Waals surface area contributed by atoms with Crippen LogP contribution in [-0.2, 0) is 24.3 Å². The van der Waals surface area contributed by atoms with E-state index in [2.05, 4.69) is 10.2 Å². The molecule has 0 atom stereocenters. The number of H-pyrrole nitrogens is 1. The van der Waals surface area contributed by atoms with Gasteiger partial charge in [-0.2, -0.15) is 5.10 Å². The molecule has 1 aliphatic carbocycles. The van der Waals surface area contributed by atoms with E-state index in [0.29, 0.717) is 12.5 Å². The van der Waals surface area contributed by atoms with Crippen molar-refractivity contribution >= 4 is 5.91 Å². The Hall–Kier alpha value is -2.37. The second kappa shape index (κ2) is 5.12. The van der Waals surface area contributed by atoms with Crippen LogP contribution in [-0.4, -0.2) is 32.1 Å². The zero-order valence-corrected chi connectivity index (χ0v) is 12.3. The predicted octanol–water partition coefficient (Wildman–Crippen LogP) is 1.03. The highest BCUT2D eigenvalue weighted by Crippen LogP contribution is 2.42. The van der Waals surface area contributed by atoms with Crippen LogP contribution in [0.15, 0.2) is 29.3 Å². The highest BCUT2D eigenvalue weighted by Gasteiger charge is 2.33. The third-order valence-electron chi connectivity index (χ3n) is 4.46. The standard InChI is InChI=1S/C16H18N4O2/c21-12-3-6-19(7-4-12)10-15(22)20-8-5-14-13(9-20)16(18-17-14)11-1-2-11/h3-4,6-7,11H,1-2,5,8-10H2,(H,17,18). The Morgan fingerprint density at radius 1 is 1.32 bits per heavy atom. The van der Waals surface area contributed by atoms with Gasteiger partial charge in [0.15, 0.2) is 5.43 Å². The van der Waals surface area contributed by atoms with Crippen LogP contribution < -0.4 is 5.43 Å². The molecule has 1 fully saturated rings. The first-order chi connectivity index (χ1) is 10.7. The molecular weight excluding hydrogens is 280 g/mol. The molecule has 1 saturated carbocycles. The van der Waals surface area contributed by atoms with Crippen molar-refractivity contribution in [3.8, 4) is 0 Å². The molecule has 2 aliphatic rings. The second-order valence-corrected chi connectivity index (χ2v) is 6.11. The summed E-state index contributed by atoms with van der Waals surface area (Å²) in [6.45, 7) is 1.64. The lowest BCUT2D eigenvalue weighted by atomic mass is 10.0. The fourth-order valence-electron chi connectivity index (χ4n) is 3.03. The molecule has 0 spiro atoms. The largest absolute Gasteiger partial charge is 0.345 e. The van der Waals surface area contributed by atoms with Gasteiger partial charge in [0.1, 0.15) is 6.54 Å². The molecular formula is C16H18N4O2. The third kappa shape index (κ3) is 2.45. The van der Waals surface area contributed by atoms with Crippen LogP contribution in [0, 0.1) is 0 Å². The Morgan fingerprint density at radius 3 is 2.82 bits per heavy atom. The number of aromatic amines is 1. The highest BCUT2D eigenvalue weighted by molar-refractivity contribution is 5.76. The Bertz CT molecular complexity index is 752. The Morgan fingerprint density at radius 2 is 2.09 bits per heavy atom. The van der Waals surface area contributed by atoms with Gasteiger partial charge in [0, 0.05) is 61.2 Å². The van der Waals surface area contributed by atoms with E-state index >= 15 is 0 Å². The minimum atomic E-state index is -0.0428. The van der Waals surface area contributed by atoms with Crippen LogP contribution in [0.4, 0.5) is 0 Å². The first-order valence-corrected chi connectivity index (χ1v) is 7.70. The molecule has 0 unspecified atom stereocenters. The van der Waals surface area contributed by atoms with E-state index in [1.165, 1.54) is 36.2 Å². The summed E-state index contributed by atoms with van der Waals surface area (Å²) >= 11 is 0. The lowest BCUT2D eigenvalue weighted by molar-refractivity contribution is -0.132. The van der Waals surface area contributed by atoms with Crippen molar-refractivity contribution < 1.29 is 4.79 Å². The van der Waals surface area contributed by atoms with Crippen LogP contribution in [0.5, 0.6) is 0 Å². The van der Waals surface area contributed by atoms with Gasteiger partial charge in [-0.15, -0.1) is 0 Å². The number of nitrogens with one attached hydrogen (secondary N) is 1. The molecule has 0 radical (unpaired) electrons. The Kier molecular flexibility index (Phi) is 3.10. The molecule has 6 nitrogen and oxygen atoms in total. The van der Waals surface area contributed by atoms with Crippen molar-refractivity contribution in [1.82, 2.24) is 19.7 Å². The smallest absolute Gasteiger partial charge is 0.242 e. The molecule has 0 aromatic carbocycles. The molecule has 2 aromatic heterocycles. The van der Waals surface area contributed by atoms with Crippen molar-refractivity contribution in [3.05, 3.63) is 51.7 Å². The van der Waals surface area contributed by atoms with Gasteiger partial charge in [-0.1, -0.05) is 0 Å². The number of pyridine rings is 1. The Balaban J connectivity index is 1.49. The number of hydrogen-bond acceptors (Lipinski definition) is 3. The number of rotatable bonds is 3. The lowest BCUT2D eigenvalue weighted by Gasteiger charge is -2.27. The van der Waals surface area contributed by atoms with Gasteiger partial charge in [-0.05, 0) is 12.8 Å². The van der Waals surface area contributed by atoms with Crippen LogP contribution in [0.1, 0.15) is 35.7 Å². The maximum Gasteiger partial charge on any atom is 0.242 e. The van der Waals surface area contributed by atoms with E-state index in [0.717, 1.165) is 18.7 Å². The summed E-state index contributed by atoms with van der Waals surface area (Å²) in [7, 11) is 0. The fraction of sp³-hybridized carbons (Fsp3) is 0.438. The summed E-state index contributed by atoms with van der Waals surface area (Å²) in [6, 6.07) is 2.95. The number of hydrogen-bond donors (Lipinski definition) is 1. The van der Waals surface area contributed by atoms with Gasteiger partial charge in [-0.3, -0.25) is 14.7 Å². The van der Waals surface area contributed by atoms with E-state index in [4.69, 9.17) is 0 Å². The molecule has 1 aliphatic heterocycles. The maximum absolute atomic E-state index is 12.5. The molecule has 22 heavy (non-hydrogen) atoms. The van der Waals surface area contributed by atoms with Crippen LogP contribution in [0.25, 0.3) is 0 Å². The topological polar surface area (TPSA) is 71.0 Å². The van der Waals surface area contributed by atoms with Crippen molar-refractivity contribution in [1.29, 1.82) is 0 Å². The molecule has 0 bridgehead atoms. The monoisotopic (exact) mass is 298 g/mol. The van der Waals surface area contributed by atoms with E-state index in [-0.39, 0.29) is 17.9 Å². The van der Waals surface area contributed by atoms with Crippen LogP contribution in [0.2, 0.25) is 0 Å². The number of fused-ring (bicyclic) bond motifs is 1. The number of aromatic nitrogens is 3. The number of nitrogens with zero attached hydrogens (tertiary/aromatic N) is 3. The van der Waals surface area contributed by atoms with Crippen molar-refractivity contribution in [3.63, 3.8) is 0 Å². The highest BCUT2D eigenvalue weighted by atomic mass is 16.2. The summed E-state index contributed by atoms with van der Waals surface area (Å²) in [4.78, 5) is 25.5. The SMILES string of the molecule is O=C(Cn1ccc(=O)cc1)N1CCc2[nH]nc(C3CC3)c2C1. The Labute approximate surface area is 127 Å². The molecule has 4 rings (SSSR count). The average Bonchev–Trinajstić information content (AvgIpc) is 3.28. The summed E-state index contributed by atoms with van der Waals surface area (Å²) in [5.41, 5.74) is 3.53. The van der Waals surface area contributed by atoms with E-state index in [1.807, 2.05) is 4.90 Å². The van der Waals surface area contributed by atoms with Gasteiger partial charge < -0.3 is 9.47 Å². The van der Waals surface area contributed by atoms with Crippen molar-refractivity contribution in [2.75, 3.05) is 6.54 Å². The maximum atomic E-state index is 12.5. The summed E-state index contributed by atoms with van der Waals surface area (Å²) in [5, 5.41) is 7.58. The lowest BCUT2D eigenvalue weighted by Crippen LogP contribution is -2.38. The van der Waals surface area contributed by atoms with Crippen molar-refractivity contribution in [2.24, 2.45) is 0 Å². The minimum absolute atomic E-state index is 0.0428. The molecule has 0 saturated heterocycles. The normalized spacial score (nSPS) is 17.4. The third-order valence-corrected chi connectivity index (χ3v) is 4.46. The van der Waals surface area contributed by atoms with E-state index in [9.17, 15) is 9.59 Å². The van der Waals surface area contributed by atoms with Crippen LogP contribution >= 0.6 is 0 Å². The first-order valence-electron chi connectivity index (χ1n) is 7.70. The molecule has 3 heterocycles. The van der Waals surface area contributed by atoms with Gasteiger partial charge in [0.05, 0.1) is 5.69 Å². The zero-order valence-electron chi connectivity index (χ0n) is 12.3. The molecule has 1 N–H and O–H groups in total. The predicted molar refractivity (Wildman–Crippen MR) is 80.4 cm³/mol. The quantitative estimate of drug-likeness (QED) is 0.920. The van der Waals surface area contributed by atoms with Gasteiger partial charge in [0.2, 0.25) is 5.91 Å². The van der Waals surface area contributed by atoms with E-state index in [1.54, 1.807) is 17.0 Å². The van der Waals surface area contributed by atoms with Crippen molar-refractivity contribution in [2.45, 2.75) is 38.3 Å². The number of carbonyl (C=O) groups is 1. The van der Waals surface area contributed by atoms with Crippen LogP contribution in [0.3, 0.4) is 0 Å². The summed E-state index contributed by atoms with van der Waals surface area (Å²) < 4.78 is 1.75. The fourth-order valence-corrected chi connectivity index (χ4v) is 3.03. The molecule has 6 heteroatoms. The first kappa shape index (κ1) is 13.3. The summed E-state index contributed by atoms with van der Waals surface area (Å²) in [5.74, 6) is 0.672. The minimum Gasteiger partial charge on any atom is -0.345 e. The number of amides is 1. The molecule has 2 aromatic rings. The average molecular weight is 298 g/mol. The number of carbonyl (C=O) groups excluding carboxylic acids is 1. The summed E-state index contributed by atoms with van der Waals surface area (Å²) in [6.07, 6.45) is 6.57. The zero-order chi connectivity index (χ0) is 15.1. The molecule has 1 amide bonds. The van der Waals surface area contributed by atoms with Gasteiger partial charge >= 0.3 is 0 Å². The molecule has 114 valence electrons. The second-order valence-electron chi connectivity index (χ2n) is 6.11. The van der Waals surface area contributed by atoms with E-state index < -0.39 is 0 Å².